The Balaban J connectivity index is 0.000000423. The standard InChI is InChI=1S/C8H14O5.C5H7NO2/c1-8(2,3)13-6(9)4-5-12-7(10)11;7-3-4-1-5(8)2-6-4/h4-5H2,1-3H3,(H,10,11);5-6,8H,1-2H2. The Labute approximate surface area is 122 Å². The number of esters is 1. The first-order chi connectivity index (χ1) is 9.64. The van der Waals surface area contributed by atoms with Crippen molar-refractivity contribution >= 4 is 18.1 Å². The van der Waals surface area contributed by atoms with Crippen LogP contribution in [0.4, 0.5) is 4.79 Å². The van der Waals surface area contributed by atoms with Gasteiger partial charge in [-0.15, -0.1) is 0 Å². The van der Waals surface area contributed by atoms with E-state index < -0.39 is 17.7 Å². The summed E-state index contributed by atoms with van der Waals surface area (Å²) in [6.07, 6.45) is -1.39. The normalized spacial score (nSPS) is 17.0. The molecule has 0 aromatic rings. The Kier molecular flexibility index (Phi) is 8.11. The minimum absolute atomic E-state index is 0.0520. The highest BCUT2D eigenvalue weighted by Gasteiger charge is 2.16. The zero-order valence-electron chi connectivity index (χ0n) is 12.3. The summed E-state index contributed by atoms with van der Waals surface area (Å²) in [5, 5.41) is 19.6. The minimum Gasteiger partial charge on any atom is -0.460 e. The highest BCUT2D eigenvalue weighted by Crippen LogP contribution is 2.08. The van der Waals surface area contributed by atoms with E-state index in [0.717, 1.165) is 0 Å². The fourth-order valence-electron chi connectivity index (χ4n) is 1.31. The van der Waals surface area contributed by atoms with Gasteiger partial charge in [0.05, 0.1) is 18.2 Å². The number of carbonyl (C=O) groups is 2. The van der Waals surface area contributed by atoms with Crippen molar-refractivity contribution in [2.45, 2.75) is 45.3 Å². The number of β-amino-alcohol motifs (C(OH)–C–C–N with tert-alkyl or cyclic N) is 1. The lowest BCUT2D eigenvalue weighted by Gasteiger charge is -2.19. The van der Waals surface area contributed by atoms with E-state index in [0.29, 0.717) is 18.7 Å². The molecule has 1 aliphatic heterocycles. The summed E-state index contributed by atoms with van der Waals surface area (Å²) in [6.45, 7) is 5.55. The van der Waals surface area contributed by atoms with Gasteiger partial charge in [-0.05, 0) is 20.8 Å². The van der Waals surface area contributed by atoms with Gasteiger partial charge >= 0.3 is 12.1 Å². The molecule has 0 aliphatic carbocycles. The van der Waals surface area contributed by atoms with E-state index in [4.69, 9.17) is 14.9 Å². The van der Waals surface area contributed by atoms with Gasteiger partial charge in [0.2, 0.25) is 0 Å². The molecule has 0 radical (unpaired) electrons. The van der Waals surface area contributed by atoms with E-state index in [9.17, 15) is 14.4 Å². The molecule has 0 bridgehead atoms. The van der Waals surface area contributed by atoms with Gasteiger partial charge in [0.1, 0.15) is 18.1 Å². The summed E-state index contributed by atoms with van der Waals surface area (Å²) in [5.41, 5.74) is -0.0576. The lowest BCUT2D eigenvalue weighted by Crippen LogP contribution is -2.24. The third-order valence-electron chi connectivity index (χ3n) is 2.07. The van der Waals surface area contributed by atoms with E-state index in [1.165, 1.54) is 0 Å². The molecule has 0 aromatic heterocycles. The molecule has 1 heterocycles. The van der Waals surface area contributed by atoms with Crippen LogP contribution in [-0.2, 0) is 19.1 Å². The van der Waals surface area contributed by atoms with Gasteiger partial charge in [0.15, 0.2) is 0 Å². The molecule has 8 heteroatoms. The fourth-order valence-corrected chi connectivity index (χ4v) is 1.31. The number of ether oxygens (including phenoxy) is 2. The van der Waals surface area contributed by atoms with Gasteiger partial charge in [-0.3, -0.25) is 4.79 Å². The highest BCUT2D eigenvalue weighted by molar-refractivity contribution is 5.70. The number of carbonyl (C=O) groups excluding carboxylic acids is 2. The summed E-state index contributed by atoms with van der Waals surface area (Å²) in [6, 6.07) is 0. The van der Waals surface area contributed by atoms with Crippen molar-refractivity contribution < 1.29 is 34.1 Å². The van der Waals surface area contributed by atoms with Gasteiger partial charge in [-0.25, -0.2) is 9.59 Å². The third-order valence-corrected chi connectivity index (χ3v) is 2.07. The zero-order chi connectivity index (χ0) is 16.5. The average Bonchev–Trinajstić information content (AvgIpc) is 2.73. The molecule has 1 unspecified atom stereocenters. The molecule has 1 fully saturated rings. The Morgan fingerprint density at radius 3 is 2.38 bits per heavy atom. The van der Waals surface area contributed by atoms with E-state index in [-0.39, 0.29) is 19.1 Å². The van der Waals surface area contributed by atoms with Crippen molar-refractivity contribution in [1.82, 2.24) is 5.32 Å². The van der Waals surface area contributed by atoms with Crippen molar-refractivity contribution in [3.63, 3.8) is 0 Å². The first kappa shape index (κ1) is 18.9. The molecule has 3 N–H and O–H groups in total. The molecular weight excluding hydrogens is 282 g/mol. The van der Waals surface area contributed by atoms with Crippen LogP contribution in [0, 0.1) is 0 Å². The Morgan fingerprint density at radius 1 is 1.43 bits per heavy atom. The second-order valence-electron chi connectivity index (χ2n) is 5.27. The SMILES string of the molecule is CC(C)(C)OC(=O)CCOC(=O)O.O=C=C1CC(O)CN1. The second-order valence-corrected chi connectivity index (χ2v) is 5.27. The van der Waals surface area contributed by atoms with E-state index in [1.807, 2.05) is 0 Å². The number of rotatable bonds is 3. The molecule has 1 atom stereocenters. The maximum absolute atomic E-state index is 10.9. The van der Waals surface area contributed by atoms with Gasteiger partial charge < -0.3 is 25.0 Å². The average molecular weight is 303 g/mol. The largest absolute Gasteiger partial charge is 0.505 e. The maximum Gasteiger partial charge on any atom is 0.505 e. The third kappa shape index (κ3) is 11.5. The van der Waals surface area contributed by atoms with Crippen LogP contribution in [-0.4, -0.2) is 53.1 Å². The number of aliphatic hydroxyl groups is 1. The molecule has 1 saturated heterocycles. The van der Waals surface area contributed by atoms with Crippen LogP contribution in [0.5, 0.6) is 0 Å². The van der Waals surface area contributed by atoms with Crippen molar-refractivity contribution in [1.29, 1.82) is 0 Å². The first-order valence-electron chi connectivity index (χ1n) is 6.37. The molecule has 0 aromatic carbocycles. The fraction of sp³-hybridized carbons (Fsp3) is 0.692. The Hall–Kier alpha value is -2.05. The predicted octanol–water partition coefficient (Wildman–Crippen LogP) is 0.469. The molecule has 21 heavy (non-hydrogen) atoms. The smallest absolute Gasteiger partial charge is 0.460 e. The Morgan fingerprint density at radius 2 is 2.05 bits per heavy atom. The number of nitrogens with one attached hydrogen (secondary N) is 1. The second kappa shape index (κ2) is 8.99. The van der Waals surface area contributed by atoms with Crippen molar-refractivity contribution in [3.05, 3.63) is 5.70 Å². The van der Waals surface area contributed by atoms with Gasteiger partial charge in [-0.2, -0.15) is 0 Å². The van der Waals surface area contributed by atoms with Crippen LogP contribution in [0.15, 0.2) is 5.70 Å². The van der Waals surface area contributed by atoms with E-state index >= 15 is 0 Å². The number of carboxylic acid groups (broad SMARTS) is 1. The van der Waals surface area contributed by atoms with Crippen molar-refractivity contribution in [3.8, 4) is 0 Å². The summed E-state index contributed by atoms with van der Waals surface area (Å²) >= 11 is 0. The van der Waals surface area contributed by atoms with E-state index in [1.54, 1.807) is 26.7 Å². The first-order valence-corrected chi connectivity index (χ1v) is 6.37. The summed E-state index contributed by atoms with van der Waals surface area (Å²) in [4.78, 5) is 30.7. The zero-order valence-corrected chi connectivity index (χ0v) is 12.3. The molecule has 120 valence electrons. The van der Waals surface area contributed by atoms with Gasteiger partial charge in [0.25, 0.3) is 0 Å². The number of hydrogen-bond donors (Lipinski definition) is 3. The van der Waals surface area contributed by atoms with Crippen LogP contribution in [0.3, 0.4) is 0 Å². The minimum atomic E-state index is -1.39. The van der Waals surface area contributed by atoms with Crippen molar-refractivity contribution in [2.24, 2.45) is 0 Å². The maximum atomic E-state index is 10.9. The summed E-state index contributed by atoms with van der Waals surface area (Å²) in [5.74, 6) is 1.23. The highest BCUT2D eigenvalue weighted by atomic mass is 16.7. The summed E-state index contributed by atoms with van der Waals surface area (Å²) < 4.78 is 9.05. The molecule has 0 spiro atoms. The number of hydrogen-bond acceptors (Lipinski definition) is 7. The quantitative estimate of drug-likeness (QED) is 0.508. The molecule has 8 nitrogen and oxygen atoms in total. The molecule has 1 aliphatic rings. The van der Waals surface area contributed by atoms with Crippen LogP contribution in [0.1, 0.15) is 33.6 Å². The number of aliphatic hydroxyl groups excluding tert-OH is 1. The molecular formula is C13H21NO7. The van der Waals surface area contributed by atoms with Crippen LogP contribution >= 0.6 is 0 Å². The summed E-state index contributed by atoms with van der Waals surface area (Å²) in [7, 11) is 0. The molecule has 0 saturated carbocycles. The monoisotopic (exact) mass is 303 g/mol. The van der Waals surface area contributed by atoms with Crippen LogP contribution < -0.4 is 5.32 Å². The Bertz CT molecular complexity index is 407. The van der Waals surface area contributed by atoms with Crippen LogP contribution in [0.25, 0.3) is 0 Å². The van der Waals surface area contributed by atoms with Crippen molar-refractivity contribution in [2.75, 3.05) is 13.2 Å². The van der Waals surface area contributed by atoms with Crippen LogP contribution in [0.2, 0.25) is 0 Å². The predicted molar refractivity (Wildman–Crippen MR) is 72.3 cm³/mol. The van der Waals surface area contributed by atoms with E-state index in [2.05, 4.69) is 10.1 Å². The molecule has 0 amide bonds. The lowest BCUT2D eigenvalue weighted by molar-refractivity contribution is -0.155. The topological polar surface area (TPSA) is 122 Å². The lowest BCUT2D eigenvalue weighted by atomic mass is 10.2. The van der Waals surface area contributed by atoms with Gasteiger partial charge in [-0.1, -0.05) is 0 Å². The van der Waals surface area contributed by atoms with Gasteiger partial charge in [0, 0.05) is 13.0 Å². The molecule has 1 rings (SSSR count).